The van der Waals surface area contributed by atoms with Gasteiger partial charge in [0.25, 0.3) is 5.91 Å². The normalized spacial score (nSPS) is 17.0. The van der Waals surface area contributed by atoms with Gasteiger partial charge in [-0.15, -0.1) is 0 Å². The van der Waals surface area contributed by atoms with Gasteiger partial charge in [0.15, 0.2) is 0 Å². The summed E-state index contributed by atoms with van der Waals surface area (Å²) in [4.78, 5) is 16.4. The number of carbonyl (C=O) groups excluding carboxylic acids is 1. The van der Waals surface area contributed by atoms with E-state index in [4.69, 9.17) is 4.74 Å². The molecule has 1 unspecified atom stereocenters. The Labute approximate surface area is 148 Å². The summed E-state index contributed by atoms with van der Waals surface area (Å²) in [5.41, 5.74) is 1.63. The molecule has 2 N–H and O–H groups in total. The highest BCUT2D eigenvalue weighted by atomic mass is 16.5. The molecule has 0 spiro atoms. The highest BCUT2D eigenvalue weighted by Crippen LogP contribution is 2.16. The number of aromatic nitrogens is 1. The molecule has 25 heavy (non-hydrogen) atoms. The minimum absolute atomic E-state index is 0.0457. The van der Waals surface area contributed by atoms with Crippen LogP contribution in [-0.2, 0) is 6.61 Å². The molecule has 1 saturated heterocycles. The van der Waals surface area contributed by atoms with E-state index in [1.165, 1.54) is 12.8 Å². The Morgan fingerprint density at radius 2 is 2.28 bits per heavy atom. The molecule has 0 saturated carbocycles. The van der Waals surface area contributed by atoms with Crippen molar-refractivity contribution in [2.75, 3.05) is 19.6 Å². The number of benzene rings is 1. The van der Waals surface area contributed by atoms with Gasteiger partial charge in [0.1, 0.15) is 12.4 Å². The van der Waals surface area contributed by atoms with Crippen LogP contribution in [0.1, 0.15) is 35.2 Å². The second-order valence-electron chi connectivity index (χ2n) is 6.43. The maximum Gasteiger partial charge on any atom is 0.251 e. The molecule has 0 aliphatic carbocycles. The summed E-state index contributed by atoms with van der Waals surface area (Å²) in [5, 5.41) is 6.42. The second-order valence-corrected chi connectivity index (χ2v) is 6.43. The van der Waals surface area contributed by atoms with Crippen LogP contribution in [0.3, 0.4) is 0 Å². The van der Waals surface area contributed by atoms with Gasteiger partial charge >= 0.3 is 0 Å². The number of ether oxygens (including phenoxy) is 1. The third-order valence-electron chi connectivity index (χ3n) is 4.46. The molecular weight excluding hydrogens is 314 g/mol. The van der Waals surface area contributed by atoms with E-state index in [9.17, 15) is 4.79 Å². The molecular formula is C20H25N3O2. The Bertz CT molecular complexity index is 670. The van der Waals surface area contributed by atoms with Crippen LogP contribution in [0.2, 0.25) is 0 Å². The Hall–Kier alpha value is -2.40. The molecule has 5 heteroatoms. The first-order chi connectivity index (χ1) is 12.3. The van der Waals surface area contributed by atoms with E-state index >= 15 is 0 Å². The quantitative estimate of drug-likeness (QED) is 0.814. The van der Waals surface area contributed by atoms with Gasteiger partial charge in [-0.3, -0.25) is 9.78 Å². The number of rotatable bonds is 7. The van der Waals surface area contributed by atoms with Crippen molar-refractivity contribution in [1.82, 2.24) is 15.6 Å². The molecule has 5 nitrogen and oxygen atoms in total. The molecule has 1 atom stereocenters. The molecule has 1 aromatic heterocycles. The van der Waals surface area contributed by atoms with E-state index in [0.717, 1.165) is 25.1 Å². The Morgan fingerprint density at radius 3 is 3.08 bits per heavy atom. The minimum Gasteiger partial charge on any atom is -0.489 e. The van der Waals surface area contributed by atoms with Crippen LogP contribution in [0.25, 0.3) is 0 Å². The number of hydrogen-bond acceptors (Lipinski definition) is 4. The monoisotopic (exact) mass is 339 g/mol. The van der Waals surface area contributed by atoms with Gasteiger partial charge in [-0.05, 0) is 62.5 Å². The standard InChI is InChI=1S/C20H25N3O2/c24-20(23-11-8-16-4-2-9-21-13-16)18-6-1-7-19(12-18)25-15-17-5-3-10-22-14-17/h1,3,5-7,10,12,14,16,21H,2,4,8-9,11,13,15H2,(H,23,24). The fourth-order valence-corrected chi connectivity index (χ4v) is 3.04. The van der Waals surface area contributed by atoms with Crippen LogP contribution in [0, 0.1) is 5.92 Å². The summed E-state index contributed by atoms with van der Waals surface area (Å²) < 4.78 is 5.75. The second kappa shape index (κ2) is 9.18. The Morgan fingerprint density at radius 1 is 1.32 bits per heavy atom. The SMILES string of the molecule is O=C(NCCC1CCCNC1)c1cccc(OCc2cccnc2)c1. The first-order valence-corrected chi connectivity index (χ1v) is 8.92. The van der Waals surface area contributed by atoms with Crippen molar-refractivity contribution >= 4 is 5.91 Å². The molecule has 1 amide bonds. The lowest BCUT2D eigenvalue weighted by molar-refractivity contribution is 0.0950. The summed E-state index contributed by atoms with van der Waals surface area (Å²) in [6, 6.07) is 11.1. The number of carbonyl (C=O) groups is 1. The summed E-state index contributed by atoms with van der Waals surface area (Å²) in [7, 11) is 0. The van der Waals surface area contributed by atoms with Gasteiger partial charge in [-0.2, -0.15) is 0 Å². The summed E-state index contributed by atoms with van der Waals surface area (Å²) in [6.07, 6.45) is 7.01. The van der Waals surface area contributed by atoms with Crippen molar-refractivity contribution in [1.29, 1.82) is 0 Å². The van der Waals surface area contributed by atoms with Crippen molar-refractivity contribution in [2.24, 2.45) is 5.92 Å². The summed E-state index contributed by atoms with van der Waals surface area (Å²) in [5.74, 6) is 1.31. The molecule has 1 fully saturated rings. The highest BCUT2D eigenvalue weighted by Gasteiger charge is 2.13. The van der Waals surface area contributed by atoms with Crippen LogP contribution in [-0.4, -0.2) is 30.5 Å². The molecule has 1 aromatic carbocycles. The number of amides is 1. The Balaban J connectivity index is 1.47. The van der Waals surface area contributed by atoms with Gasteiger partial charge in [-0.25, -0.2) is 0 Å². The third-order valence-corrected chi connectivity index (χ3v) is 4.46. The van der Waals surface area contributed by atoms with Crippen molar-refractivity contribution in [2.45, 2.75) is 25.9 Å². The van der Waals surface area contributed by atoms with Crippen molar-refractivity contribution in [3.05, 3.63) is 59.9 Å². The van der Waals surface area contributed by atoms with Gasteiger partial charge in [0, 0.05) is 30.1 Å². The number of pyridine rings is 1. The van der Waals surface area contributed by atoms with Gasteiger partial charge in [-0.1, -0.05) is 12.1 Å². The number of hydrogen-bond donors (Lipinski definition) is 2. The fraction of sp³-hybridized carbons (Fsp3) is 0.400. The topological polar surface area (TPSA) is 63.2 Å². The predicted molar refractivity (Wildman–Crippen MR) is 97.6 cm³/mol. The van der Waals surface area contributed by atoms with Gasteiger partial charge in [0.05, 0.1) is 0 Å². The number of piperidine rings is 1. The molecule has 3 rings (SSSR count). The summed E-state index contributed by atoms with van der Waals surface area (Å²) in [6.45, 7) is 3.34. The lowest BCUT2D eigenvalue weighted by atomic mass is 9.96. The zero-order chi connectivity index (χ0) is 17.3. The molecule has 0 radical (unpaired) electrons. The van der Waals surface area contributed by atoms with Crippen molar-refractivity contribution < 1.29 is 9.53 Å². The van der Waals surface area contributed by atoms with Gasteiger partial charge in [0.2, 0.25) is 0 Å². The molecule has 1 aliphatic rings. The molecule has 132 valence electrons. The van der Waals surface area contributed by atoms with E-state index in [2.05, 4.69) is 15.6 Å². The molecule has 2 aromatic rings. The van der Waals surface area contributed by atoms with Crippen molar-refractivity contribution in [3.63, 3.8) is 0 Å². The average Bonchev–Trinajstić information content (AvgIpc) is 2.68. The maximum atomic E-state index is 12.3. The van der Waals surface area contributed by atoms with E-state index < -0.39 is 0 Å². The average molecular weight is 339 g/mol. The van der Waals surface area contributed by atoms with E-state index in [-0.39, 0.29) is 5.91 Å². The van der Waals surface area contributed by atoms with Gasteiger partial charge < -0.3 is 15.4 Å². The molecule has 0 bridgehead atoms. The number of nitrogens with one attached hydrogen (secondary N) is 2. The first kappa shape index (κ1) is 17.4. The molecule has 1 aliphatic heterocycles. The van der Waals surface area contributed by atoms with Crippen molar-refractivity contribution in [3.8, 4) is 5.75 Å². The maximum absolute atomic E-state index is 12.3. The van der Waals surface area contributed by atoms with E-state index in [1.54, 1.807) is 18.5 Å². The van der Waals surface area contributed by atoms with E-state index in [1.807, 2.05) is 30.3 Å². The van der Waals surface area contributed by atoms with Crippen LogP contribution < -0.4 is 15.4 Å². The minimum atomic E-state index is -0.0457. The highest BCUT2D eigenvalue weighted by molar-refractivity contribution is 5.94. The largest absolute Gasteiger partial charge is 0.489 e. The third kappa shape index (κ3) is 5.57. The lowest BCUT2D eigenvalue weighted by Crippen LogP contribution is -2.33. The fourth-order valence-electron chi connectivity index (χ4n) is 3.04. The molecule has 2 heterocycles. The zero-order valence-electron chi connectivity index (χ0n) is 14.4. The zero-order valence-corrected chi connectivity index (χ0v) is 14.4. The van der Waals surface area contributed by atoms with Crippen LogP contribution in [0.15, 0.2) is 48.8 Å². The van der Waals surface area contributed by atoms with Crippen LogP contribution in [0.5, 0.6) is 5.75 Å². The Kier molecular flexibility index (Phi) is 6.40. The lowest BCUT2D eigenvalue weighted by Gasteiger charge is -2.22. The van der Waals surface area contributed by atoms with Crippen LogP contribution in [0.4, 0.5) is 0 Å². The predicted octanol–water partition coefficient (Wildman–Crippen LogP) is 2.78. The first-order valence-electron chi connectivity index (χ1n) is 8.92. The smallest absolute Gasteiger partial charge is 0.251 e. The van der Waals surface area contributed by atoms with E-state index in [0.29, 0.717) is 30.4 Å². The summed E-state index contributed by atoms with van der Waals surface area (Å²) >= 11 is 0. The number of nitrogens with zero attached hydrogens (tertiary/aromatic N) is 1. The van der Waals surface area contributed by atoms with Crippen LogP contribution >= 0.6 is 0 Å².